The van der Waals surface area contributed by atoms with E-state index >= 15 is 0 Å². The van der Waals surface area contributed by atoms with Crippen molar-refractivity contribution in [1.82, 2.24) is 15.2 Å². The number of pyridine rings is 1. The Bertz CT molecular complexity index is 1290. The van der Waals surface area contributed by atoms with E-state index in [0.29, 0.717) is 12.3 Å². The van der Waals surface area contributed by atoms with Crippen LogP contribution in [0.15, 0.2) is 47.4 Å². The van der Waals surface area contributed by atoms with E-state index in [9.17, 15) is 24.0 Å². The average molecular weight is 553 g/mol. The van der Waals surface area contributed by atoms with Crippen molar-refractivity contribution in [2.24, 2.45) is 5.92 Å². The first kappa shape index (κ1) is 30.6. The number of carbonyl (C=O) groups is 4. The summed E-state index contributed by atoms with van der Waals surface area (Å²) in [6.45, 7) is 10.9. The summed E-state index contributed by atoms with van der Waals surface area (Å²) >= 11 is 0. The third kappa shape index (κ3) is 8.79. The molecule has 1 aliphatic rings. The molecule has 2 atom stereocenters. The van der Waals surface area contributed by atoms with Crippen molar-refractivity contribution in [3.63, 3.8) is 0 Å². The fraction of sp³-hybridized carbons (Fsp3) is 0.500. The highest BCUT2D eigenvalue weighted by Crippen LogP contribution is 2.36. The Morgan fingerprint density at radius 2 is 1.68 bits per heavy atom. The van der Waals surface area contributed by atoms with Crippen LogP contribution >= 0.6 is 0 Å². The Labute approximate surface area is 234 Å². The van der Waals surface area contributed by atoms with Gasteiger partial charge in [0.05, 0.1) is 6.04 Å². The lowest BCUT2D eigenvalue weighted by Gasteiger charge is -2.23. The average Bonchev–Trinajstić information content (AvgIpc) is 3.70. The molecule has 1 aliphatic carbocycles. The van der Waals surface area contributed by atoms with Crippen molar-refractivity contribution in [2.45, 2.75) is 91.0 Å². The van der Waals surface area contributed by atoms with Crippen LogP contribution in [0.2, 0.25) is 0 Å². The fourth-order valence-corrected chi connectivity index (χ4v) is 4.14. The number of aromatic nitrogens is 1. The van der Waals surface area contributed by atoms with Gasteiger partial charge < -0.3 is 19.9 Å². The standard InChI is InChI=1S/C30H40N4O6/c1-18(2)22-13-11-21(12-14-22)17-31-27(37)25(35)19(3)32-26(36)24(16-20-9-10-20)34-15-7-8-23(28(34)38)33-29(39)40-30(4,5)6/h7-8,11-15,18-20,24H,9-10,16-17H2,1-6H3,(H,31,37)(H,32,36)(H,33,39). The van der Waals surface area contributed by atoms with Crippen LogP contribution in [0.25, 0.3) is 0 Å². The van der Waals surface area contributed by atoms with Crippen molar-refractivity contribution in [3.8, 4) is 0 Å². The van der Waals surface area contributed by atoms with Crippen molar-refractivity contribution in [1.29, 1.82) is 0 Å². The number of anilines is 1. The largest absolute Gasteiger partial charge is 0.444 e. The predicted octanol–water partition coefficient (Wildman–Crippen LogP) is 4.05. The quantitative estimate of drug-likeness (QED) is 0.360. The second kappa shape index (κ2) is 12.9. The summed E-state index contributed by atoms with van der Waals surface area (Å²) in [6, 6.07) is 8.73. The van der Waals surface area contributed by atoms with Gasteiger partial charge in [-0.05, 0) is 69.2 Å². The molecule has 0 aliphatic heterocycles. The Morgan fingerprint density at radius 3 is 2.25 bits per heavy atom. The van der Waals surface area contributed by atoms with Gasteiger partial charge in [0.2, 0.25) is 11.7 Å². The third-order valence-corrected chi connectivity index (χ3v) is 6.58. The molecule has 10 nitrogen and oxygen atoms in total. The second-order valence-corrected chi connectivity index (χ2v) is 11.6. The number of carbonyl (C=O) groups excluding carboxylic acids is 4. The van der Waals surface area contributed by atoms with Crippen LogP contribution < -0.4 is 21.5 Å². The Hall–Kier alpha value is -3.95. The second-order valence-electron chi connectivity index (χ2n) is 11.6. The molecule has 0 bridgehead atoms. The molecule has 216 valence electrons. The number of nitrogens with one attached hydrogen (secondary N) is 3. The molecule has 1 fully saturated rings. The van der Waals surface area contributed by atoms with Crippen LogP contribution in [0.5, 0.6) is 0 Å². The van der Waals surface area contributed by atoms with Crippen LogP contribution in [-0.4, -0.2) is 39.9 Å². The molecule has 2 aromatic rings. The number of rotatable bonds is 11. The molecular weight excluding hydrogens is 512 g/mol. The van der Waals surface area contributed by atoms with E-state index in [1.54, 1.807) is 26.8 Å². The highest BCUT2D eigenvalue weighted by Gasteiger charge is 2.33. The molecule has 1 heterocycles. The first-order chi connectivity index (χ1) is 18.7. The monoisotopic (exact) mass is 552 g/mol. The zero-order valence-electron chi connectivity index (χ0n) is 24.1. The lowest BCUT2D eigenvalue weighted by Crippen LogP contribution is -2.48. The molecule has 0 radical (unpaired) electrons. The van der Waals surface area contributed by atoms with E-state index in [2.05, 4.69) is 29.8 Å². The highest BCUT2D eigenvalue weighted by molar-refractivity contribution is 6.38. The van der Waals surface area contributed by atoms with Gasteiger partial charge in [-0.2, -0.15) is 0 Å². The first-order valence-electron chi connectivity index (χ1n) is 13.7. The van der Waals surface area contributed by atoms with Gasteiger partial charge in [0.25, 0.3) is 11.5 Å². The minimum atomic E-state index is -1.10. The maximum atomic E-state index is 13.3. The van der Waals surface area contributed by atoms with Gasteiger partial charge in [0, 0.05) is 12.7 Å². The number of Topliss-reactive ketones (excluding diaryl/α,β-unsaturated/α-hetero) is 1. The number of ketones is 1. The number of ether oxygens (including phenoxy) is 1. The summed E-state index contributed by atoms with van der Waals surface area (Å²) in [5.74, 6) is -1.49. The molecule has 10 heteroatoms. The van der Waals surface area contributed by atoms with Gasteiger partial charge in [0.15, 0.2) is 0 Å². The van der Waals surface area contributed by atoms with Gasteiger partial charge in [-0.3, -0.25) is 24.5 Å². The molecule has 3 N–H and O–H groups in total. The zero-order chi connectivity index (χ0) is 29.6. The van der Waals surface area contributed by atoms with Crippen molar-refractivity contribution in [3.05, 3.63) is 64.1 Å². The lowest BCUT2D eigenvalue weighted by atomic mass is 10.0. The number of hydrogen-bond acceptors (Lipinski definition) is 6. The van der Waals surface area contributed by atoms with Crippen LogP contribution in [0, 0.1) is 5.92 Å². The molecule has 0 saturated heterocycles. The number of benzene rings is 1. The molecule has 40 heavy (non-hydrogen) atoms. The topological polar surface area (TPSA) is 136 Å². The van der Waals surface area contributed by atoms with Crippen molar-refractivity contribution < 1.29 is 23.9 Å². The number of amides is 3. The lowest BCUT2D eigenvalue weighted by molar-refractivity contribution is -0.140. The van der Waals surface area contributed by atoms with Gasteiger partial charge >= 0.3 is 6.09 Å². The maximum absolute atomic E-state index is 13.3. The zero-order valence-corrected chi connectivity index (χ0v) is 24.1. The summed E-state index contributed by atoms with van der Waals surface area (Å²) in [5.41, 5.74) is 0.670. The SMILES string of the molecule is CC(NC(=O)C(CC1CC1)n1cccc(NC(=O)OC(C)(C)C)c1=O)C(=O)C(=O)NCc1ccc(C(C)C)cc1. The van der Waals surface area contributed by atoms with Crippen LogP contribution in [0.3, 0.4) is 0 Å². The van der Waals surface area contributed by atoms with Crippen LogP contribution in [0.1, 0.15) is 83.9 Å². The Morgan fingerprint density at radius 1 is 1.02 bits per heavy atom. The Kier molecular flexibility index (Phi) is 9.89. The number of nitrogens with zero attached hydrogens (tertiary/aromatic N) is 1. The van der Waals surface area contributed by atoms with Gasteiger partial charge in [-0.1, -0.05) is 51.0 Å². The molecule has 3 rings (SSSR count). The summed E-state index contributed by atoms with van der Waals surface area (Å²) in [6.07, 6.45) is 2.94. The molecule has 1 aromatic carbocycles. The predicted molar refractivity (Wildman–Crippen MR) is 152 cm³/mol. The molecule has 3 amide bonds. The summed E-state index contributed by atoms with van der Waals surface area (Å²) < 4.78 is 6.48. The van der Waals surface area contributed by atoms with Gasteiger partial charge in [-0.25, -0.2) is 4.79 Å². The third-order valence-electron chi connectivity index (χ3n) is 6.58. The minimum absolute atomic E-state index is 0.0322. The molecule has 0 spiro atoms. The molecule has 1 saturated carbocycles. The van der Waals surface area contributed by atoms with Crippen molar-refractivity contribution >= 4 is 29.4 Å². The number of hydrogen-bond donors (Lipinski definition) is 3. The van der Waals surface area contributed by atoms with E-state index < -0.39 is 46.9 Å². The van der Waals surface area contributed by atoms with Crippen LogP contribution in [-0.2, 0) is 25.7 Å². The smallest absolute Gasteiger partial charge is 0.412 e. The van der Waals surface area contributed by atoms with Gasteiger partial charge in [-0.15, -0.1) is 0 Å². The summed E-state index contributed by atoms with van der Waals surface area (Å²) in [7, 11) is 0. The van der Waals surface area contributed by atoms with Crippen molar-refractivity contribution in [2.75, 3.05) is 5.32 Å². The van der Waals surface area contributed by atoms with E-state index in [4.69, 9.17) is 4.74 Å². The fourth-order valence-electron chi connectivity index (χ4n) is 4.14. The molecule has 1 aromatic heterocycles. The van der Waals surface area contributed by atoms with E-state index in [1.165, 1.54) is 29.3 Å². The first-order valence-corrected chi connectivity index (χ1v) is 13.7. The summed E-state index contributed by atoms with van der Waals surface area (Å²) in [4.78, 5) is 64.0. The Balaban J connectivity index is 1.66. The normalized spacial score (nSPS) is 14.7. The minimum Gasteiger partial charge on any atom is -0.444 e. The maximum Gasteiger partial charge on any atom is 0.412 e. The molecular formula is C30H40N4O6. The van der Waals surface area contributed by atoms with Gasteiger partial charge in [0.1, 0.15) is 17.3 Å². The summed E-state index contributed by atoms with van der Waals surface area (Å²) in [5, 5.41) is 7.66. The van der Waals surface area contributed by atoms with E-state index in [1.807, 2.05) is 24.3 Å². The van der Waals surface area contributed by atoms with E-state index in [-0.39, 0.29) is 18.2 Å². The molecule has 2 unspecified atom stereocenters. The van der Waals surface area contributed by atoms with E-state index in [0.717, 1.165) is 18.4 Å². The highest BCUT2D eigenvalue weighted by atomic mass is 16.6. The van der Waals surface area contributed by atoms with Crippen LogP contribution in [0.4, 0.5) is 10.5 Å².